The third kappa shape index (κ3) is 3.93. The summed E-state index contributed by atoms with van der Waals surface area (Å²) in [5, 5.41) is 1.03. The van der Waals surface area contributed by atoms with Gasteiger partial charge in [0.15, 0.2) is 0 Å². The Morgan fingerprint density at radius 2 is 1.86 bits per heavy atom. The Morgan fingerprint density at radius 1 is 1.14 bits per heavy atom. The Hall–Kier alpha value is -3.01. The molecule has 2 aromatic carbocycles. The number of hydrogen-bond acceptors (Lipinski definition) is 3. The largest absolute Gasteiger partial charge is 0.493 e. The molecule has 0 saturated carbocycles. The van der Waals surface area contributed by atoms with Crippen molar-refractivity contribution in [3.8, 4) is 16.9 Å². The highest BCUT2D eigenvalue weighted by atomic mass is 16.5. The highest BCUT2D eigenvalue weighted by Gasteiger charge is 2.20. The van der Waals surface area contributed by atoms with Crippen LogP contribution in [0.3, 0.4) is 0 Å². The second-order valence-corrected chi connectivity index (χ2v) is 7.72. The summed E-state index contributed by atoms with van der Waals surface area (Å²) in [7, 11) is 3.50. The van der Waals surface area contributed by atoms with Crippen LogP contribution < -0.4 is 4.74 Å². The SMILES string of the molecule is CCOc1c(/C(C)=C/C(=O)N(C)C)cc2c(-c3ccc(C)cc3C)coc2c1C. The number of fused-ring (bicyclic) bond motifs is 1. The molecule has 4 heteroatoms. The van der Waals surface area contributed by atoms with E-state index in [4.69, 9.17) is 9.15 Å². The smallest absolute Gasteiger partial charge is 0.246 e. The fourth-order valence-electron chi connectivity index (χ4n) is 3.66. The van der Waals surface area contributed by atoms with Gasteiger partial charge in [-0.3, -0.25) is 4.79 Å². The van der Waals surface area contributed by atoms with Gasteiger partial charge in [-0.1, -0.05) is 23.8 Å². The second-order valence-electron chi connectivity index (χ2n) is 7.72. The summed E-state index contributed by atoms with van der Waals surface area (Å²) >= 11 is 0. The number of carbonyl (C=O) groups is 1. The van der Waals surface area contributed by atoms with Crippen molar-refractivity contribution in [2.45, 2.75) is 34.6 Å². The molecule has 3 rings (SSSR count). The molecule has 0 radical (unpaired) electrons. The molecule has 0 bridgehead atoms. The number of likely N-dealkylation sites (N-methyl/N-ethyl adjacent to an activating group) is 1. The summed E-state index contributed by atoms with van der Waals surface area (Å²) in [6, 6.07) is 8.51. The molecule has 1 aromatic heterocycles. The lowest BCUT2D eigenvalue weighted by Gasteiger charge is -2.15. The first kappa shape index (κ1) is 20.7. The zero-order valence-corrected chi connectivity index (χ0v) is 18.3. The van der Waals surface area contributed by atoms with Crippen LogP contribution in [0.1, 0.15) is 36.1 Å². The minimum absolute atomic E-state index is 0.0514. The molecular formula is C25H29NO3. The molecule has 0 aliphatic carbocycles. The van der Waals surface area contributed by atoms with E-state index in [1.165, 1.54) is 11.1 Å². The molecule has 0 N–H and O–H groups in total. The number of furan rings is 1. The van der Waals surface area contributed by atoms with Gasteiger partial charge in [0, 0.05) is 42.2 Å². The maximum atomic E-state index is 12.2. The Labute approximate surface area is 172 Å². The van der Waals surface area contributed by atoms with Crippen molar-refractivity contribution in [1.29, 1.82) is 0 Å². The van der Waals surface area contributed by atoms with Crippen molar-refractivity contribution in [1.82, 2.24) is 4.90 Å². The summed E-state index contributed by atoms with van der Waals surface area (Å²) in [6.45, 7) is 10.7. The van der Waals surface area contributed by atoms with Crippen LogP contribution >= 0.6 is 0 Å². The summed E-state index contributed by atoms with van der Waals surface area (Å²) in [5.41, 5.74) is 8.18. The van der Waals surface area contributed by atoms with Crippen molar-refractivity contribution in [2.24, 2.45) is 0 Å². The first-order chi connectivity index (χ1) is 13.7. The van der Waals surface area contributed by atoms with Crippen LogP contribution in [0.4, 0.5) is 0 Å². The minimum atomic E-state index is -0.0514. The summed E-state index contributed by atoms with van der Waals surface area (Å²) in [6.07, 6.45) is 3.47. The molecular weight excluding hydrogens is 362 g/mol. The Bertz CT molecular complexity index is 1100. The number of rotatable bonds is 5. The third-order valence-electron chi connectivity index (χ3n) is 5.21. The lowest BCUT2D eigenvalue weighted by molar-refractivity contribution is -0.123. The third-order valence-corrected chi connectivity index (χ3v) is 5.21. The number of hydrogen-bond donors (Lipinski definition) is 0. The van der Waals surface area contributed by atoms with Gasteiger partial charge in [0.25, 0.3) is 0 Å². The van der Waals surface area contributed by atoms with Gasteiger partial charge < -0.3 is 14.1 Å². The quantitative estimate of drug-likeness (QED) is 0.507. The van der Waals surface area contributed by atoms with Gasteiger partial charge in [-0.05, 0) is 57.4 Å². The van der Waals surface area contributed by atoms with E-state index < -0.39 is 0 Å². The molecule has 0 atom stereocenters. The van der Waals surface area contributed by atoms with Crippen molar-refractivity contribution >= 4 is 22.4 Å². The van der Waals surface area contributed by atoms with Crippen LogP contribution in [-0.4, -0.2) is 31.5 Å². The van der Waals surface area contributed by atoms with Crippen LogP contribution in [0, 0.1) is 20.8 Å². The van der Waals surface area contributed by atoms with Crippen LogP contribution in [-0.2, 0) is 4.79 Å². The number of ether oxygens (including phenoxy) is 1. The number of amides is 1. The summed E-state index contributed by atoms with van der Waals surface area (Å²) in [5.74, 6) is 0.714. The molecule has 152 valence electrons. The predicted molar refractivity (Wildman–Crippen MR) is 119 cm³/mol. The van der Waals surface area contributed by atoms with Gasteiger partial charge in [0.05, 0.1) is 12.9 Å². The maximum Gasteiger partial charge on any atom is 0.246 e. The van der Waals surface area contributed by atoms with E-state index >= 15 is 0 Å². The lowest BCUT2D eigenvalue weighted by atomic mass is 9.94. The lowest BCUT2D eigenvalue weighted by Crippen LogP contribution is -2.19. The number of allylic oxidation sites excluding steroid dienone is 1. The molecule has 3 aromatic rings. The second kappa shape index (κ2) is 8.16. The molecule has 0 aliphatic rings. The molecule has 0 saturated heterocycles. The Kier molecular flexibility index (Phi) is 5.83. The maximum absolute atomic E-state index is 12.2. The van der Waals surface area contributed by atoms with Gasteiger partial charge in [0.1, 0.15) is 11.3 Å². The first-order valence-corrected chi connectivity index (χ1v) is 9.89. The standard InChI is InChI=1S/C25H29NO3/c1-8-28-24-18(5)25-21(13-20(24)17(4)12-23(27)26(6)7)22(14-29-25)19-10-9-15(2)11-16(19)3/h9-14H,8H2,1-7H3/b17-12+. The van der Waals surface area contributed by atoms with E-state index in [-0.39, 0.29) is 5.91 Å². The average Bonchev–Trinajstić information content (AvgIpc) is 3.07. The van der Waals surface area contributed by atoms with E-state index in [2.05, 4.69) is 38.1 Å². The minimum Gasteiger partial charge on any atom is -0.493 e. The van der Waals surface area contributed by atoms with Crippen LogP contribution in [0.15, 0.2) is 41.0 Å². The number of aryl methyl sites for hydroxylation is 3. The van der Waals surface area contributed by atoms with Crippen molar-refractivity contribution in [2.75, 3.05) is 20.7 Å². The molecule has 4 nitrogen and oxygen atoms in total. The first-order valence-electron chi connectivity index (χ1n) is 9.89. The average molecular weight is 392 g/mol. The normalized spacial score (nSPS) is 11.8. The fourth-order valence-corrected chi connectivity index (χ4v) is 3.66. The van der Waals surface area contributed by atoms with Gasteiger partial charge in [0.2, 0.25) is 5.91 Å². The van der Waals surface area contributed by atoms with Crippen molar-refractivity contribution < 1.29 is 13.9 Å². The predicted octanol–water partition coefficient (Wildman–Crippen LogP) is 5.92. The number of benzene rings is 2. The molecule has 1 heterocycles. The monoisotopic (exact) mass is 391 g/mol. The van der Waals surface area contributed by atoms with Crippen LogP contribution in [0.2, 0.25) is 0 Å². The van der Waals surface area contributed by atoms with E-state index in [0.717, 1.165) is 44.5 Å². The topological polar surface area (TPSA) is 42.7 Å². The molecule has 0 fully saturated rings. The number of nitrogens with zero attached hydrogens (tertiary/aromatic N) is 1. The van der Waals surface area contributed by atoms with Gasteiger partial charge in [-0.15, -0.1) is 0 Å². The Morgan fingerprint density at radius 3 is 2.48 bits per heavy atom. The van der Waals surface area contributed by atoms with E-state index in [0.29, 0.717) is 6.61 Å². The van der Waals surface area contributed by atoms with Gasteiger partial charge in [-0.25, -0.2) is 0 Å². The van der Waals surface area contributed by atoms with Crippen LogP contribution in [0.5, 0.6) is 5.75 Å². The molecule has 1 amide bonds. The Balaban J connectivity index is 2.27. The zero-order chi connectivity index (χ0) is 21.3. The number of carbonyl (C=O) groups excluding carboxylic acids is 1. The molecule has 29 heavy (non-hydrogen) atoms. The molecule has 0 aliphatic heterocycles. The molecule has 0 spiro atoms. The van der Waals surface area contributed by atoms with Gasteiger partial charge >= 0.3 is 0 Å². The zero-order valence-electron chi connectivity index (χ0n) is 18.3. The van der Waals surface area contributed by atoms with Gasteiger partial charge in [-0.2, -0.15) is 0 Å². The molecule has 0 unspecified atom stereocenters. The highest BCUT2D eigenvalue weighted by Crippen LogP contribution is 2.41. The highest BCUT2D eigenvalue weighted by molar-refractivity contribution is 6.02. The van der Waals surface area contributed by atoms with Crippen molar-refractivity contribution in [3.63, 3.8) is 0 Å². The summed E-state index contributed by atoms with van der Waals surface area (Å²) < 4.78 is 12.0. The van der Waals surface area contributed by atoms with E-state index in [1.54, 1.807) is 25.1 Å². The van der Waals surface area contributed by atoms with Crippen molar-refractivity contribution in [3.05, 3.63) is 58.9 Å². The van der Waals surface area contributed by atoms with Crippen LogP contribution in [0.25, 0.3) is 27.7 Å². The fraction of sp³-hybridized carbons (Fsp3) is 0.320. The van der Waals surface area contributed by atoms with E-state index in [9.17, 15) is 4.79 Å². The summed E-state index contributed by atoms with van der Waals surface area (Å²) in [4.78, 5) is 13.8. The van der Waals surface area contributed by atoms with E-state index in [1.807, 2.05) is 27.0 Å².